The number of carbonyl (C=O) groups is 1. The lowest BCUT2D eigenvalue weighted by Crippen LogP contribution is -2.16. The summed E-state index contributed by atoms with van der Waals surface area (Å²) >= 11 is 0. The molecule has 0 aliphatic rings. The molecule has 86 valence electrons. The molecule has 0 atom stereocenters. The van der Waals surface area contributed by atoms with Crippen LogP contribution in [0.1, 0.15) is 16.7 Å². The van der Waals surface area contributed by atoms with Crippen LogP contribution in [0.25, 0.3) is 0 Å². The van der Waals surface area contributed by atoms with E-state index < -0.39 is 6.09 Å². The summed E-state index contributed by atoms with van der Waals surface area (Å²) in [4.78, 5) is 10.7. The maximum atomic E-state index is 10.7. The molecule has 1 amide bonds. The molecule has 0 spiro atoms. The number of carbonyl (C=O) groups excluding carboxylic acids is 1. The average molecular weight is 222 g/mol. The molecule has 5 nitrogen and oxygen atoms in total. The maximum Gasteiger partial charge on any atom is 0.427 e. The van der Waals surface area contributed by atoms with E-state index in [4.69, 9.17) is 0 Å². The third kappa shape index (κ3) is 2.98. The molecule has 1 aromatic carbocycles. The number of hydrazone groups is 1. The maximum absolute atomic E-state index is 10.7. The number of benzene rings is 1. The molecule has 16 heavy (non-hydrogen) atoms. The molecule has 0 aromatic heterocycles. The van der Waals surface area contributed by atoms with Gasteiger partial charge in [-0.05, 0) is 42.7 Å². The Morgan fingerprint density at radius 2 is 2.00 bits per heavy atom. The van der Waals surface area contributed by atoms with Crippen LogP contribution >= 0.6 is 0 Å². The first-order valence-corrected chi connectivity index (χ1v) is 4.72. The average Bonchev–Trinajstić information content (AvgIpc) is 2.25. The fourth-order valence-corrected chi connectivity index (χ4v) is 1.27. The van der Waals surface area contributed by atoms with E-state index in [2.05, 4.69) is 15.3 Å². The molecule has 0 unspecified atom stereocenters. The highest BCUT2D eigenvalue weighted by atomic mass is 16.5. The van der Waals surface area contributed by atoms with E-state index in [0.717, 1.165) is 16.7 Å². The van der Waals surface area contributed by atoms with Gasteiger partial charge in [0.25, 0.3) is 0 Å². The molecular formula is C11H14N2O3. The molecule has 2 N–H and O–H groups in total. The monoisotopic (exact) mass is 222 g/mol. The Labute approximate surface area is 93.7 Å². The van der Waals surface area contributed by atoms with Gasteiger partial charge in [-0.15, -0.1) is 0 Å². The van der Waals surface area contributed by atoms with Crippen LogP contribution in [0.15, 0.2) is 17.2 Å². The number of hydrogen-bond donors (Lipinski definition) is 2. The van der Waals surface area contributed by atoms with Crippen molar-refractivity contribution in [3.8, 4) is 5.75 Å². The molecule has 0 saturated heterocycles. The van der Waals surface area contributed by atoms with Gasteiger partial charge in [-0.1, -0.05) is 0 Å². The van der Waals surface area contributed by atoms with Crippen molar-refractivity contribution in [3.63, 3.8) is 0 Å². The molecule has 0 saturated carbocycles. The molecule has 0 fully saturated rings. The van der Waals surface area contributed by atoms with E-state index in [1.807, 2.05) is 0 Å². The molecule has 0 bridgehead atoms. The second-order valence-corrected chi connectivity index (χ2v) is 3.36. The smallest absolute Gasteiger partial charge is 0.427 e. The van der Waals surface area contributed by atoms with E-state index in [0.29, 0.717) is 0 Å². The zero-order valence-electron chi connectivity index (χ0n) is 9.44. The number of phenolic OH excluding ortho intramolecular Hbond substituents is 1. The fraction of sp³-hybridized carbons (Fsp3) is 0.273. The number of nitrogens with zero attached hydrogens (tertiary/aromatic N) is 1. The van der Waals surface area contributed by atoms with Crippen molar-refractivity contribution in [3.05, 3.63) is 28.8 Å². The van der Waals surface area contributed by atoms with E-state index in [1.165, 1.54) is 13.3 Å². The van der Waals surface area contributed by atoms with Crippen molar-refractivity contribution in [2.45, 2.75) is 13.8 Å². The highest BCUT2D eigenvalue weighted by molar-refractivity contribution is 5.82. The number of phenols is 1. The van der Waals surface area contributed by atoms with Gasteiger partial charge in [0.2, 0.25) is 0 Å². The van der Waals surface area contributed by atoms with Gasteiger partial charge in [0.15, 0.2) is 0 Å². The zero-order valence-corrected chi connectivity index (χ0v) is 9.44. The fourth-order valence-electron chi connectivity index (χ4n) is 1.27. The summed E-state index contributed by atoms with van der Waals surface area (Å²) in [5, 5.41) is 13.2. The Morgan fingerprint density at radius 1 is 1.44 bits per heavy atom. The molecule has 0 aliphatic carbocycles. The van der Waals surface area contributed by atoms with Crippen molar-refractivity contribution in [1.82, 2.24) is 5.43 Å². The second kappa shape index (κ2) is 5.16. The number of hydrogen-bond acceptors (Lipinski definition) is 4. The number of ether oxygens (including phenoxy) is 1. The van der Waals surface area contributed by atoms with Crippen LogP contribution in [-0.2, 0) is 4.74 Å². The predicted octanol–water partition coefficient (Wildman–Crippen LogP) is 1.70. The second-order valence-electron chi connectivity index (χ2n) is 3.36. The van der Waals surface area contributed by atoms with E-state index in [1.54, 1.807) is 26.0 Å². The van der Waals surface area contributed by atoms with Gasteiger partial charge < -0.3 is 9.84 Å². The summed E-state index contributed by atoms with van der Waals surface area (Å²) in [5.41, 5.74) is 4.50. The zero-order chi connectivity index (χ0) is 12.1. The molecule has 5 heteroatoms. The van der Waals surface area contributed by atoms with Crippen LogP contribution in [0.5, 0.6) is 5.75 Å². The van der Waals surface area contributed by atoms with Gasteiger partial charge in [-0.3, -0.25) is 0 Å². The number of amides is 1. The lowest BCUT2D eigenvalue weighted by molar-refractivity contribution is 0.171. The minimum Gasteiger partial charge on any atom is -0.507 e. The minimum atomic E-state index is -0.622. The topological polar surface area (TPSA) is 70.9 Å². The van der Waals surface area contributed by atoms with Gasteiger partial charge in [0.1, 0.15) is 5.75 Å². The first-order valence-electron chi connectivity index (χ1n) is 4.72. The van der Waals surface area contributed by atoms with Gasteiger partial charge in [0.05, 0.1) is 13.3 Å². The summed E-state index contributed by atoms with van der Waals surface area (Å²) < 4.78 is 4.35. The van der Waals surface area contributed by atoms with Crippen molar-refractivity contribution in [1.29, 1.82) is 0 Å². The van der Waals surface area contributed by atoms with Crippen molar-refractivity contribution in [2.24, 2.45) is 5.10 Å². The Hall–Kier alpha value is -2.04. The van der Waals surface area contributed by atoms with Crippen LogP contribution < -0.4 is 5.43 Å². The number of methoxy groups -OCH3 is 1. The Balaban J connectivity index is 2.78. The predicted molar refractivity (Wildman–Crippen MR) is 60.7 cm³/mol. The van der Waals surface area contributed by atoms with Crippen LogP contribution in [-0.4, -0.2) is 24.5 Å². The first kappa shape index (κ1) is 12.0. The highest BCUT2D eigenvalue weighted by Gasteiger charge is 2.01. The lowest BCUT2D eigenvalue weighted by Gasteiger charge is -2.04. The molecule has 1 aromatic rings. The summed E-state index contributed by atoms with van der Waals surface area (Å²) in [6.45, 7) is 3.60. The molecule has 0 heterocycles. The third-order valence-corrected chi connectivity index (χ3v) is 2.07. The van der Waals surface area contributed by atoms with Crippen molar-refractivity contribution in [2.75, 3.05) is 7.11 Å². The minimum absolute atomic E-state index is 0.276. The van der Waals surface area contributed by atoms with Gasteiger partial charge in [-0.25, -0.2) is 10.2 Å². The normalized spacial score (nSPS) is 10.4. The number of rotatable bonds is 2. The van der Waals surface area contributed by atoms with Crippen molar-refractivity contribution >= 4 is 12.3 Å². The largest absolute Gasteiger partial charge is 0.507 e. The summed E-state index contributed by atoms with van der Waals surface area (Å²) in [7, 11) is 1.26. The first-order chi connectivity index (χ1) is 7.54. The molecule has 0 radical (unpaired) electrons. The standard InChI is InChI=1S/C11H14N2O3/c1-7-4-9(5-8(2)10(7)14)6-12-13-11(15)16-3/h4-6,14H,1-3H3,(H,13,15)/b12-6+. The third-order valence-electron chi connectivity index (χ3n) is 2.07. The molecule has 1 rings (SSSR count). The van der Waals surface area contributed by atoms with E-state index >= 15 is 0 Å². The number of aromatic hydroxyl groups is 1. The SMILES string of the molecule is COC(=O)N/N=C/c1cc(C)c(O)c(C)c1. The molecular weight excluding hydrogens is 208 g/mol. The Bertz CT molecular complexity index is 404. The summed E-state index contributed by atoms with van der Waals surface area (Å²) in [6, 6.07) is 3.54. The summed E-state index contributed by atoms with van der Waals surface area (Å²) in [6.07, 6.45) is 0.861. The Kier molecular flexibility index (Phi) is 3.88. The van der Waals surface area contributed by atoms with Crippen LogP contribution in [0.4, 0.5) is 4.79 Å². The lowest BCUT2D eigenvalue weighted by atomic mass is 10.1. The van der Waals surface area contributed by atoms with Gasteiger partial charge >= 0.3 is 6.09 Å². The number of aryl methyl sites for hydroxylation is 2. The molecule has 0 aliphatic heterocycles. The quantitative estimate of drug-likeness (QED) is 0.591. The van der Waals surface area contributed by atoms with Gasteiger partial charge in [-0.2, -0.15) is 5.10 Å². The highest BCUT2D eigenvalue weighted by Crippen LogP contribution is 2.21. The summed E-state index contributed by atoms with van der Waals surface area (Å²) in [5.74, 6) is 0.276. The van der Waals surface area contributed by atoms with Gasteiger partial charge in [0, 0.05) is 0 Å². The van der Waals surface area contributed by atoms with Crippen LogP contribution in [0, 0.1) is 13.8 Å². The Morgan fingerprint density at radius 3 is 2.50 bits per heavy atom. The van der Waals surface area contributed by atoms with Crippen LogP contribution in [0.3, 0.4) is 0 Å². The van der Waals surface area contributed by atoms with E-state index in [-0.39, 0.29) is 5.75 Å². The van der Waals surface area contributed by atoms with Crippen LogP contribution in [0.2, 0.25) is 0 Å². The van der Waals surface area contributed by atoms with E-state index in [9.17, 15) is 9.90 Å². The number of nitrogens with one attached hydrogen (secondary N) is 1. The van der Waals surface area contributed by atoms with Crippen molar-refractivity contribution < 1.29 is 14.6 Å².